The predicted molar refractivity (Wildman–Crippen MR) is 87.3 cm³/mol. The number of rotatable bonds is 2. The van der Waals surface area contributed by atoms with Gasteiger partial charge in [-0.3, -0.25) is 4.79 Å². The van der Waals surface area contributed by atoms with Crippen molar-refractivity contribution >= 4 is 45.6 Å². The highest BCUT2D eigenvalue weighted by atomic mass is 35.5. The van der Waals surface area contributed by atoms with Crippen LogP contribution in [-0.2, 0) is 0 Å². The zero-order valence-electron chi connectivity index (χ0n) is 11.2. The Balaban J connectivity index is 2.27. The lowest BCUT2D eigenvalue weighted by molar-refractivity contribution is 0.104. The number of benzene rings is 2. The summed E-state index contributed by atoms with van der Waals surface area (Å²) in [5, 5.41) is 1.45. The van der Waals surface area contributed by atoms with Crippen LogP contribution in [-0.4, -0.2) is 10.8 Å². The minimum Gasteiger partial charge on any atom is -0.399 e. The van der Waals surface area contributed by atoms with E-state index in [9.17, 15) is 4.79 Å². The lowest BCUT2D eigenvalue weighted by Gasteiger charge is -2.06. The monoisotopic (exact) mass is 318 g/mol. The summed E-state index contributed by atoms with van der Waals surface area (Å²) >= 11 is 12.3. The predicted octanol–water partition coefficient (Wildman–Crippen LogP) is 4.60. The number of hydrogen-bond acceptors (Lipinski definition) is 2. The van der Waals surface area contributed by atoms with E-state index in [4.69, 9.17) is 28.9 Å². The summed E-state index contributed by atoms with van der Waals surface area (Å²) in [5.74, 6) is -0.208. The van der Waals surface area contributed by atoms with Crippen LogP contribution in [0.1, 0.15) is 21.6 Å². The summed E-state index contributed by atoms with van der Waals surface area (Å²) in [6.45, 7) is 1.84. The second-order valence-corrected chi connectivity index (χ2v) is 5.67. The Bertz CT molecular complexity index is 848. The molecule has 0 spiro atoms. The van der Waals surface area contributed by atoms with Crippen LogP contribution in [0.25, 0.3) is 10.9 Å². The Labute approximate surface area is 131 Å². The first-order chi connectivity index (χ1) is 9.99. The molecule has 0 amide bonds. The molecule has 0 aliphatic carbocycles. The average molecular weight is 319 g/mol. The van der Waals surface area contributed by atoms with E-state index in [0.29, 0.717) is 26.9 Å². The maximum absolute atomic E-state index is 12.9. The van der Waals surface area contributed by atoms with Gasteiger partial charge in [0.25, 0.3) is 0 Å². The van der Waals surface area contributed by atoms with Gasteiger partial charge in [-0.1, -0.05) is 29.3 Å². The van der Waals surface area contributed by atoms with E-state index in [1.807, 2.05) is 13.0 Å². The zero-order chi connectivity index (χ0) is 15.1. The number of anilines is 1. The highest BCUT2D eigenvalue weighted by Crippen LogP contribution is 2.31. The van der Waals surface area contributed by atoms with Crippen molar-refractivity contribution in [3.8, 4) is 0 Å². The third-order valence-corrected chi connectivity index (χ3v) is 4.06. The standard InChI is InChI=1S/C16H12Cl2N2O/c1-8-14(10-7-9(19)5-6-13(10)20-8)16(21)15-11(17)3-2-4-12(15)18/h2-7,20H,19H2,1H3. The van der Waals surface area contributed by atoms with Gasteiger partial charge in [-0.25, -0.2) is 0 Å². The van der Waals surface area contributed by atoms with Gasteiger partial charge < -0.3 is 10.7 Å². The van der Waals surface area contributed by atoms with Gasteiger partial charge in [-0.05, 0) is 37.3 Å². The van der Waals surface area contributed by atoms with E-state index in [0.717, 1.165) is 16.6 Å². The lowest BCUT2D eigenvalue weighted by Crippen LogP contribution is -2.04. The third-order valence-electron chi connectivity index (χ3n) is 3.43. The van der Waals surface area contributed by atoms with Gasteiger partial charge in [0.1, 0.15) is 0 Å². The Morgan fingerprint density at radius 3 is 2.43 bits per heavy atom. The first kappa shape index (κ1) is 14.0. The molecule has 2 aromatic carbocycles. The van der Waals surface area contributed by atoms with Crippen LogP contribution in [0.2, 0.25) is 10.0 Å². The Morgan fingerprint density at radius 2 is 1.76 bits per heavy atom. The van der Waals surface area contributed by atoms with E-state index < -0.39 is 0 Å². The number of nitrogens with two attached hydrogens (primary N) is 1. The van der Waals surface area contributed by atoms with Gasteiger partial charge in [-0.15, -0.1) is 0 Å². The number of aromatic amines is 1. The molecular weight excluding hydrogens is 307 g/mol. The number of aryl methyl sites for hydroxylation is 1. The van der Waals surface area contributed by atoms with Crippen molar-refractivity contribution in [2.45, 2.75) is 6.92 Å². The molecule has 0 saturated heterocycles. The molecule has 106 valence electrons. The van der Waals surface area contributed by atoms with E-state index >= 15 is 0 Å². The molecule has 0 fully saturated rings. The lowest BCUT2D eigenvalue weighted by atomic mass is 10.00. The molecule has 0 aliphatic heterocycles. The SMILES string of the molecule is Cc1[nH]c2ccc(N)cc2c1C(=O)c1c(Cl)cccc1Cl. The molecule has 0 radical (unpaired) electrons. The molecule has 0 atom stereocenters. The molecule has 3 N–H and O–H groups in total. The Kier molecular flexibility index (Phi) is 3.40. The number of fused-ring (bicyclic) bond motifs is 1. The number of aromatic nitrogens is 1. The molecule has 3 nitrogen and oxygen atoms in total. The fraction of sp³-hybridized carbons (Fsp3) is 0.0625. The summed E-state index contributed by atoms with van der Waals surface area (Å²) < 4.78 is 0. The van der Waals surface area contributed by atoms with Gasteiger partial charge in [-0.2, -0.15) is 0 Å². The maximum atomic E-state index is 12.9. The quantitative estimate of drug-likeness (QED) is 0.536. The molecule has 0 unspecified atom stereocenters. The van der Waals surface area contributed by atoms with Crippen LogP contribution < -0.4 is 5.73 Å². The number of carbonyl (C=O) groups is 1. The van der Waals surface area contributed by atoms with Crippen LogP contribution >= 0.6 is 23.2 Å². The summed E-state index contributed by atoms with van der Waals surface area (Å²) in [6, 6.07) is 10.4. The van der Waals surface area contributed by atoms with Crippen LogP contribution in [0.4, 0.5) is 5.69 Å². The van der Waals surface area contributed by atoms with Crippen molar-refractivity contribution in [3.05, 3.63) is 63.3 Å². The maximum Gasteiger partial charge on any atom is 0.198 e. The topological polar surface area (TPSA) is 58.9 Å². The first-order valence-corrected chi connectivity index (χ1v) is 7.11. The van der Waals surface area contributed by atoms with Crippen LogP contribution in [0.3, 0.4) is 0 Å². The minimum atomic E-state index is -0.208. The van der Waals surface area contributed by atoms with Crippen LogP contribution in [0, 0.1) is 6.92 Å². The zero-order valence-corrected chi connectivity index (χ0v) is 12.7. The minimum absolute atomic E-state index is 0.208. The third kappa shape index (κ3) is 2.28. The molecule has 1 heterocycles. The highest BCUT2D eigenvalue weighted by Gasteiger charge is 2.22. The number of nitrogens with one attached hydrogen (secondary N) is 1. The molecule has 3 aromatic rings. The van der Waals surface area contributed by atoms with Gasteiger partial charge in [0.2, 0.25) is 0 Å². The van der Waals surface area contributed by atoms with E-state index in [2.05, 4.69) is 4.98 Å². The number of H-pyrrole nitrogens is 1. The second-order valence-electron chi connectivity index (χ2n) is 4.86. The number of carbonyl (C=O) groups excluding carboxylic acids is 1. The van der Waals surface area contributed by atoms with Crippen molar-refractivity contribution in [2.75, 3.05) is 5.73 Å². The summed E-state index contributed by atoms with van der Waals surface area (Å²) in [5.41, 5.74) is 8.90. The molecule has 3 rings (SSSR count). The van der Waals surface area contributed by atoms with Gasteiger partial charge in [0.05, 0.1) is 21.2 Å². The van der Waals surface area contributed by atoms with Crippen LogP contribution in [0.5, 0.6) is 0 Å². The molecule has 0 aliphatic rings. The van der Waals surface area contributed by atoms with Gasteiger partial charge in [0, 0.05) is 22.3 Å². The van der Waals surface area contributed by atoms with E-state index in [1.54, 1.807) is 30.3 Å². The summed E-state index contributed by atoms with van der Waals surface area (Å²) in [7, 11) is 0. The number of halogens is 2. The molecular formula is C16H12Cl2N2O. The van der Waals surface area contributed by atoms with Crippen molar-refractivity contribution in [2.24, 2.45) is 0 Å². The van der Waals surface area contributed by atoms with Crippen LogP contribution in [0.15, 0.2) is 36.4 Å². The first-order valence-electron chi connectivity index (χ1n) is 6.35. The molecule has 21 heavy (non-hydrogen) atoms. The average Bonchev–Trinajstić information content (AvgIpc) is 2.73. The number of ketones is 1. The summed E-state index contributed by atoms with van der Waals surface area (Å²) in [4.78, 5) is 16.0. The largest absolute Gasteiger partial charge is 0.399 e. The van der Waals surface area contributed by atoms with E-state index in [1.165, 1.54) is 0 Å². The Morgan fingerprint density at radius 1 is 1.10 bits per heavy atom. The molecule has 5 heteroatoms. The second kappa shape index (κ2) is 5.10. The van der Waals surface area contributed by atoms with Crippen molar-refractivity contribution < 1.29 is 4.79 Å². The van der Waals surface area contributed by atoms with E-state index in [-0.39, 0.29) is 5.78 Å². The fourth-order valence-electron chi connectivity index (χ4n) is 2.48. The number of hydrogen-bond donors (Lipinski definition) is 2. The molecule has 1 aromatic heterocycles. The normalized spacial score (nSPS) is 11.0. The molecule has 0 bridgehead atoms. The molecule has 0 saturated carbocycles. The summed E-state index contributed by atoms with van der Waals surface area (Å²) in [6.07, 6.45) is 0. The van der Waals surface area contributed by atoms with Gasteiger partial charge >= 0.3 is 0 Å². The van der Waals surface area contributed by atoms with Crippen molar-refractivity contribution in [3.63, 3.8) is 0 Å². The van der Waals surface area contributed by atoms with Crippen molar-refractivity contribution in [1.29, 1.82) is 0 Å². The number of nitrogen functional groups attached to an aromatic ring is 1. The highest BCUT2D eigenvalue weighted by molar-refractivity contribution is 6.41. The smallest absolute Gasteiger partial charge is 0.198 e. The fourth-order valence-corrected chi connectivity index (χ4v) is 3.05. The van der Waals surface area contributed by atoms with Gasteiger partial charge in [0.15, 0.2) is 5.78 Å². The Hall–Kier alpha value is -1.97. The van der Waals surface area contributed by atoms with Crippen molar-refractivity contribution in [1.82, 2.24) is 4.98 Å².